The highest BCUT2D eigenvalue weighted by atomic mass is 15.2. The third-order valence-electron chi connectivity index (χ3n) is 2.99. The van der Waals surface area contributed by atoms with Crippen LogP contribution in [0, 0.1) is 5.92 Å². The standard InChI is InChI=1S/C14H32N2/c1-6-9-14(12-15-11-13(4)5)16(8-3)10-7-2/h13-15H,6-12H2,1-5H3. The van der Waals surface area contributed by atoms with Gasteiger partial charge in [-0.1, -0.05) is 41.0 Å². The Morgan fingerprint density at radius 1 is 1.00 bits per heavy atom. The van der Waals surface area contributed by atoms with Crippen LogP contribution in [0.25, 0.3) is 0 Å². The molecule has 0 spiro atoms. The smallest absolute Gasteiger partial charge is 0.0220 e. The van der Waals surface area contributed by atoms with Gasteiger partial charge < -0.3 is 5.32 Å². The van der Waals surface area contributed by atoms with E-state index in [0.29, 0.717) is 0 Å². The number of hydrogen-bond acceptors (Lipinski definition) is 2. The van der Waals surface area contributed by atoms with Crippen molar-refractivity contribution in [1.82, 2.24) is 10.2 Å². The lowest BCUT2D eigenvalue weighted by molar-refractivity contribution is 0.189. The summed E-state index contributed by atoms with van der Waals surface area (Å²) >= 11 is 0. The van der Waals surface area contributed by atoms with Gasteiger partial charge in [-0.05, 0) is 38.4 Å². The number of likely N-dealkylation sites (N-methyl/N-ethyl adjacent to an activating group) is 1. The van der Waals surface area contributed by atoms with Gasteiger partial charge in [0.15, 0.2) is 0 Å². The zero-order chi connectivity index (χ0) is 12.4. The summed E-state index contributed by atoms with van der Waals surface area (Å²) in [4.78, 5) is 2.62. The first-order valence-electron chi connectivity index (χ1n) is 7.10. The molecule has 1 unspecified atom stereocenters. The fourth-order valence-electron chi connectivity index (χ4n) is 2.17. The molecule has 0 heterocycles. The average molecular weight is 228 g/mol. The van der Waals surface area contributed by atoms with Crippen molar-refractivity contribution in [2.75, 3.05) is 26.2 Å². The van der Waals surface area contributed by atoms with Gasteiger partial charge in [0, 0.05) is 12.6 Å². The molecule has 0 saturated carbocycles. The van der Waals surface area contributed by atoms with Crippen molar-refractivity contribution < 1.29 is 0 Å². The highest BCUT2D eigenvalue weighted by molar-refractivity contribution is 4.73. The van der Waals surface area contributed by atoms with Crippen molar-refractivity contribution in [3.05, 3.63) is 0 Å². The second kappa shape index (κ2) is 10.1. The topological polar surface area (TPSA) is 15.3 Å². The van der Waals surface area contributed by atoms with E-state index in [9.17, 15) is 0 Å². The summed E-state index contributed by atoms with van der Waals surface area (Å²) in [5, 5.41) is 3.60. The van der Waals surface area contributed by atoms with Crippen LogP contribution < -0.4 is 5.32 Å². The molecule has 0 radical (unpaired) electrons. The van der Waals surface area contributed by atoms with Gasteiger partial charge in [-0.25, -0.2) is 0 Å². The Bertz CT molecular complexity index is 146. The first-order chi connectivity index (χ1) is 7.65. The number of nitrogens with one attached hydrogen (secondary N) is 1. The summed E-state index contributed by atoms with van der Waals surface area (Å²) < 4.78 is 0. The molecule has 2 heteroatoms. The van der Waals surface area contributed by atoms with E-state index in [0.717, 1.165) is 25.0 Å². The lowest BCUT2D eigenvalue weighted by Gasteiger charge is -2.31. The summed E-state index contributed by atoms with van der Waals surface area (Å²) in [7, 11) is 0. The maximum absolute atomic E-state index is 3.60. The highest BCUT2D eigenvalue weighted by Gasteiger charge is 2.14. The van der Waals surface area contributed by atoms with E-state index in [-0.39, 0.29) is 0 Å². The molecule has 0 saturated heterocycles. The molecular formula is C14H32N2. The van der Waals surface area contributed by atoms with Crippen molar-refractivity contribution >= 4 is 0 Å². The molecule has 0 rings (SSSR count). The van der Waals surface area contributed by atoms with Crippen molar-refractivity contribution in [2.45, 2.75) is 59.9 Å². The van der Waals surface area contributed by atoms with Crippen molar-refractivity contribution in [3.63, 3.8) is 0 Å². The Balaban J connectivity index is 4.01. The average Bonchev–Trinajstić information content (AvgIpc) is 2.24. The summed E-state index contributed by atoms with van der Waals surface area (Å²) in [5.41, 5.74) is 0. The zero-order valence-corrected chi connectivity index (χ0v) is 12.1. The summed E-state index contributed by atoms with van der Waals surface area (Å²) in [6, 6.07) is 0.730. The molecule has 0 amide bonds. The van der Waals surface area contributed by atoms with Gasteiger partial charge in [0.1, 0.15) is 0 Å². The molecule has 0 aliphatic carbocycles. The van der Waals surface area contributed by atoms with Gasteiger partial charge in [-0.3, -0.25) is 4.90 Å². The molecule has 98 valence electrons. The molecule has 0 aliphatic rings. The zero-order valence-electron chi connectivity index (χ0n) is 12.1. The number of hydrogen-bond donors (Lipinski definition) is 1. The fourth-order valence-corrected chi connectivity index (χ4v) is 2.17. The monoisotopic (exact) mass is 228 g/mol. The third kappa shape index (κ3) is 7.24. The van der Waals surface area contributed by atoms with Crippen LogP contribution in [0.4, 0.5) is 0 Å². The van der Waals surface area contributed by atoms with E-state index in [1.165, 1.54) is 32.4 Å². The highest BCUT2D eigenvalue weighted by Crippen LogP contribution is 2.07. The Morgan fingerprint density at radius 2 is 1.69 bits per heavy atom. The normalized spacial score (nSPS) is 13.7. The van der Waals surface area contributed by atoms with Crippen LogP contribution in [0.5, 0.6) is 0 Å². The van der Waals surface area contributed by atoms with Crippen molar-refractivity contribution in [2.24, 2.45) is 5.92 Å². The van der Waals surface area contributed by atoms with Crippen molar-refractivity contribution in [1.29, 1.82) is 0 Å². The Morgan fingerprint density at radius 3 is 2.12 bits per heavy atom. The maximum atomic E-state index is 3.60. The predicted molar refractivity (Wildman–Crippen MR) is 73.9 cm³/mol. The largest absolute Gasteiger partial charge is 0.315 e. The summed E-state index contributed by atoms with van der Waals surface area (Å²) in [6.45, 7) is 16.1. The van der Waals surface area contributed by atoms with E-state index in [4.69, 9.17) is 0 Å². The van der Waals surface area contributed by atoms with Crippen molar-refractivity contribution in [3.8, 4) is 0 Å². The molecular weight excluding hydrogens is 196 g/mol. The van der Waals surface area contributed by atoms with Crippen LogP contribution in [-0.2, 0) is 0 Å². The van der Waals surface area contributed by atoms with E-state index >= 15 is 0 Å². The van der Waals surface area contributed by atoms with Gasteiger partial charge in [-0.15, -0.1) is 0 Å². The van der Waals surface area contributed by atoms with Crippen LogP contribution in [0.2, 0.25) is 0 Å². The number of rotatable bonds is 10. The van der Waals surface area contributed by atoms with Gasteiger partial charge in [0.25, 0.3) is 0 Å². The summed E-state index contributed by atoms with van der Waals surface area (Å²) in [5.74, 6) is 0.753. The third-order valence-corrected chi connectivity index (χ3v) is 2.99. The molecule has 16 heavy (non-hydrogen) atoms. The van der Waals surface area contributed by atoms with Gasteiger partial charge in [-0.2, -0.15) is 0 Å². The molecule has 1 atom stereocenters. The second-order valence-corrected chi connectivity index (χ2v) is 5.12. The van der Waals surface area contributed by atoms with E-state index in [1.54, 1.807) is 0 Å². The van der Waals surface area contributed by atoms with E-state index in [2.05, 4.69) is 44.8 Å². The van der Waals surface area contributed by atoms with Crippen LogP contribution in [0.1, 0.15) is 53.9 Å². The quantitative estimate of drug-likeness (QED) is 0.618. The maximum Gasteiger partial charge on any atom is 0.0220 e. The minimum absolute atomic E-state index is 0.730. The van der Waals surface area contributed by atoms with Gasteiger partial charge in [0.05, 0.1) is 0 Å². The lowest BCUT2D eigenvalue weighted by Crippen LogP contribution is -2.43. The van der Waals surface area contributed by atoms with Crippen LogP contribution in [0.3, 0.4) is 0 Å². The number of nitrogens with zero attached hydrogens (tertiary/aromatic N) is 1. The van der Waals surface area contributed by atoms with Gasteiger partial charge >= 0.3 is 0 Å². The molecule has 0 aromatic rings. The SMILES string of the molecule is CCCC(CNCC(C)C)N(CC)CCC. The second-order valence-electron chi connectivity index (χ2n) is 5.12. The Hall–Kier alpha value is -0.0800. The minimum atomic E-state index is 0.730. The minimum Gasteiger partial charge on any atom is -0.315 e. The molecule has 0 aromatic carbocycles. The molecule has 2 nitrogen and oxygen atoms in total. The molecule has 1 N–H and O–H groups in total. The predicted octanol–water partition coefficient (Wildman–Crippen LogP) is 3.13. The Kier molecular flexibility index (Phi) is 10.0. The first kappa shape index (κ1) is 15.9. The van der Waals surface area contributed by atoms with Gasteiger partial charge in [0.2, 0.25) is 0 Å². The summed E-state index contributed by atoms with van der Waals surface area (Å²) in [6.07, 6.45) is 3.87. The molecule has 0 aromatic heterocycles. The Labute approximate surface area is 103 Å². The lowest BCUT2D eigenvalue weighted by atomic mass is 10.1. The first-order valence-corrected chi connectivity index (χ1v) is 7.10. The van der Waals surface area contributed by atoms with E-state index in [1.807, 2.05) is 0 Å². The molecule has 0 aliphatic heterocycles. The molecule has 0 fully saturated rings. The van der Waals surface area contributed by atoms with Crippen LogP contribution in [-0.4, -0.2) is 37.1 Å². The molecule has 0 bridgehead atoms. The fraction of sp³-hybridized carbons (Fsp3) is 1.00. The van der Waals surface area contributed by atoms with Crippen LogP contribution in [0.15, 0.2) is 0 Å². The van der Waals surface area contributed by atoms with E-state index < -0.39 is 0 Å². The van der Waals surface area contributed by atoms with Crippen LogP contribution >= 0.6 is 0 Å².